The molecule has 1 atom stereocenters. The summed E-state index contributed by atoms with van der Waals surface area (Å²) in [6.07, 6.45) is 1.11. The molecule has 0 aromatic heterocycles. The van der Waals surface area contributed by atoms with Gasteiger partial charge in [-0.1, -0.05) is 12.1 Å². The Morgan fingerprint density at radius 1 is 1.14 bits per heavy atom. The molecule has 0 saturated carbocycles. The van der Waals surface area contributed by atoms with E-state index in [1.54, 1.807) is 17.0 Å². The van der Waals surface area contributed by atoms with Gasteiger partial charge < -0.3 is 14.5 Å². The summed E-state index contributed by atoms with van der Waals surface area (Å²) in [7, 11) is -1.42. The van der Waals surface area contributed by atoms with E-state index in [4.69, 9.17) is 4.74 Å². The second-order valence-electron chi connectivity index (χ2n) is 8.73. The van der Waals surface area contributed by atoms with Crippen LogP contribution in [0.15, 0.2) is 22.6 Å². The Balaban J connectivity index is 2.14. The molecule has 1 aromatic rings. The molecule has 0 bridgehead atoms. The van der Waals surface area contributed by atoms with Gasteiger partial charge in [-0.2, -0.15) is 4.40 Å². The molecule has 1 unspecified atom stereocenters. The van der Waals surface area contributed by atoms with Gasteiger partial charge in [-0.3, -0.25) is 0 Å². The second-order valence-corrected chi connectivity index (χ2v) is 10.7. The molecule has 0 spiro atoms. The summed E-state index contributed by atoms with van der Waals surface area (Å²) in [5.74, 6) is -0.365. The summed E-state index contributed by atoms with van der Waals surface area (Å²) >= 11 is 0. The van der Waals surface area contributed by atoms with Crippen LogP contribution in [0.1, 0.15) is 47.1 Å². The number of nitrogens with zero attached hydrogens (tertiary/aromatic N) is 3. The molecule has 1 amide bonds. The fraction of sp³-hybridized carbons (Fsp3) is 0.600. The highest BCUT2D eigenvalue weighted by atomic mass is 32.2. The largest absolute Gasteiger partial charge is 0.444 e. The molecule has 1 fully saturated rings. The Bertz CT molecular complexity index is 761. The van der Waals surface area contributed by atoms with Crippen molar-refractivity contribution in [3.8, 4) is 0 Å². The zero-order valence-corrected chi connectivity index (χ0v) is 18.3. The highest BCUT2D eigenvalue weighted by Gasteiger charge is 2.27. The molecule has 0 radical (unpaired) electrons. The maximum Gasteiger partial charge on any atom is 0.410 e. The number of ether oxygens (including phenoxy) is 1. The molecule has 1 aliphatic rings. The lowest BCUT2D eigenvalue weighted by Gasteiger charge is -2.37. The van der Waals surface area contributed by atoms with Crippen molar-refractivity contribution in [1.82, 2.24) is 4.90 Å². The van der Waals surface area contributed by atoms with E-state index in [1.807, 2.05) is 46.4 Å². The van der Waals surface area contributed by atoms with E-state index < -0.39 is 21.3 Å². The molecule has 8 heteroatoms. The fourth-order valence-corrected chi connectivity index (χ4v) is 3.20. The van der Waals surface area contributed by atoms with Crippen LogP contribution in [0.2, 0.25) is 0 Å². The summed E-state index contributed by atoms with van der Waals surface area (Å²) in [4.78, 5) is 15.7. The van der Waals surface area contributed by atoms with Crippen molar-refractivity contribution in [2.45, 2.75) is 51.9 Å². The lowest BCUT2D eigenvalue weighted by Crippen LogP contribution is -2.50. The van der Waals surface area contributed by atoms with Crippen LogP contribution < -0.4 is 4.90 Å². The quantitative estimate of drug-likeness (QED) is 0.711. The molecule has 2 rings (SSSR count). The maximum absolute atomic E-state index is 14.6. The van der Waals surface area contributed by atoms with E-state index >= 15 is 0 Å². The maximum atomic E-state index is 14.6. The summed E-state index contributed by atoms with van der Waals surface area (Å²) < 4.78 is 35.8. The number of halogens is 1. The van der Waals surface area contributed by atoms with Gasteiger partial charge in [0.15, 0.2) is 0 Å². The number of anilines is 1. The zero-order chi connectivity index (χ0) is 21.1. The summed E-state index contributed by atoms with van der Waals surface area (Å²) in [5.41, 5.74) is 0.441. The van der Waals surface area contributed by atoms with Gasteiger partial charge in [-0.15, -0.1) is 0 Å². The lowest BCUT2D eigenvalue weighted by atomic mass is 10.1. The molecule has 0 aliphatic carbocycles. The molecule has 28 heavy (non-hydrogen) atoms. The summed E-state index contributed by atoms with van der Waals surface area (Å²) in [6, 6.07) is 4.76. The van der Waals surface area contributed by atoms with Crippen LogP contribution in [-0.2, 0) is 15.7 Å². The van der Waals surface area contributed by atoms with Crippen LogP contribution in [0, 0.1) is 5.82 Å². The van der Waals surface area contributed by atoms with Crippen LogP contribution in [0.4, 0.5) is 14.9 Å². The SMILES string of the molecule is CC(C)(C)OC(=O)N1CCN(c2c(F)cccc2C=NS(=O)C(C)(C)C)CC1. The van der Waals surface area contributed by atoms with Gasteiger partial charge in [0.05, 0.1) is 10.4 Å². The molecule has 156 valence electrons. The molecule has 0 N–H and O–H groups in total. The van der Waals surface area contributed by atoms with Crippen molar-refractivity contribution in [1.29, 1.82) is 0 Å². The van der Waals surface area contributed by atoms with E-state index in [1.165, 1.54) is 12.3 Å². The first-order valence-corrected chi connectivity index (χ1v) is 10.5. The van der Waals surface area contributed by atoms with Gasteiger partial charge in [-0.05, 0) is 47.6 Å². The number of benzene rings is 1. The third-order valence-corrected chi connectivity index (χ3v) is 5.42. The smallest absolute Gasteiger partial charge is 0.410 e. The van der Waals surface area contributed by atoms with Crippen LogP contribution in [0.5, 0.6) is 0 Å². The van der Waals surface area contributed by atoms with Gasteiger partial charge >= 0.3 is 6.09 Å². The third-order valence-electron chi connectivity index (χ3n) is 4.08. The molecular weight excluding hydrogens is 381 g/mol. The Hall–Kier alpha value is -1.96. The van der Waals surface area contributed by atoms with Crippen molar-refractivity contribution < 1.29 is 18.1 Å². The zero-order valence-electron chi connectivity index (χ0n) is 17.5. The Kier molecular flexibility index (Phi) is 6.85. The molecule has 1 aliphatic heterocycles. The minimum Gasteiger partial charge on any atom is -0.444 e. The monoisotopic (exact) mass is 411 g/mol. The van der Waals surface area contributed by atoms with Crippen molar-refractivity contribution in [3.63, 3.8) is 0 Å². The van der Waals surface area contributed by atoms with Crippen LogP contribution in [0.3, 0.4) is 0 Å². The molecule has 1 heterocycles. The Morgan fingerprint density at radius 3 is 2.29 bits per heavy atom. The van der Waals surface area contributed by atoms with Crippen molar-refractivity contribution in [2.75, 3.05) is 31.1 Å². The summed E-state index contributed by atoms with van der Waals surface area (Å²) in [5, 5.41) is 0. The number of carbonyl (C=O) groups excluding carboxylic acids is 1. The lowest BCUT2D eigenvalue weighted by molar-refractivity contribution is 0.0240. The molecule has 1 aromatic carbocycles. The number of rotatable bonds is 3. The number of amides is 1. The normalized spacial score (nSPS) is 17.1. The van der Waals surface area contributed by atoms with Crippen molar-refractivity contribution in [3.05, 3.63) is 29.6 Å². The van der Waals surface area contributed by atoms with E-state index in [0.29, 0.717) is 37.4 Å². The minimum absolute atomic E-state index is 0.358. The average Bonchev–Trinajstić information content (AvgIpc) is 2.57. The van der Waals surface area contributed by atoms with E-state index in [9.17, 15) is 13.4 Å². The van der Waals surface area contributed by atoms with E-state index in [2.05, 4.69) is 4.40 Å². The van der Waals surface area contributed by atoms with Gasteiger partial charge in [-0.25, -0.2) is 13.4 Å². The van der Waals surface area contributed by atoms with E-state index in [-0.39, 0.29) is 11.9 Å². The number of hydrogen-bond acceptors (Lipinski definition) is 4. The molecule has 1 saturated heterocycles. The second kappa shape index (κ2) is 8.59. The van der Waals surface area contributed by atoms with Crippen LogP contribution in [0.25, 0.3) is 0 Å². The van der Waals surface area contributed by atoms with Crippen LogP contribution in [-0.4, -0.2) is 57.9 Å². The van der Waals surface area contributed by atoms with Crippen LogP contribution >= 0.6 is 0 Å². The van der Waals surface area contributed by atoms with Gasteiger partial charge in [0.2, 0.25) is 0 Å². The highest BCUT2D eigenvalue weighted by molar-refractivity contribution is 7.85. The van der Waals surface area contributed by atoms with Gasteiger partial charge in [0, 0.05) is 38.0 Å². The predicted octanol–water partition coefficient (Wildman–Crippen LogP) is 3.76. The topological polar surface area (TPSA) is 62.2 Å². The number of piperazine rings is 1. The third kappa shape index (κ3) is 6.02. The Morgan fingerprint density at radius 2 is 1.75 bits per heavy atom. The predicted molar refractivity (Wildman–Crippen MR) is 112 cm³/mol. The minimum atomic E-state index is -1.42. The molecular formula is C20H30FN3O3S. The fourth-order valence-electron chi connectivity index (χ4n) is 2.67. The first kappa shape index (κ1) is 22.3. The van der Waals surface area contributed by atoms with Crippen molar-refractivity contribution in [2.24, 2.45) is 4.40 Å². The number of hydrogen-bond donors (Lipinski definition) is 0. The number of para-hydroxylation sites is 1. The standard InChI is InChI=1S/C20H30FN3O3S/c1-19(2,3)27-18(25)24-12-10-23(11-13-24)17-15(8-7-9-16(17)21)14-22-28(26)20(4,5)6/h7-9,14H,10-13H2,1-6H3. The first-order valence-electron chi connectivity index (χ1n) is 9.36. The van der Waals surface area contributed by atoms with Gasteiger partial charge in [0.1, 0.15) is 22.4 Å². The van der Waals surface area contributed by atoms with Gasteiger partial charge in [0.25, 0.3) is 0 Å². The molecule has 6 nitrogen and oxygen atoms in total. The number of carbonyl (C=O) groups is 1. The van der Waals surface area contributed by atoms with Crippen molar-refractivity contribution >= 4 is 29.0 Å². The summed E-state index contributed by atoms with van der Waals surface area (Å²) in [6.45, 7) is 12.8. The first-order chi connectivity index (χ1) is 12.9. The highest BCUT2D eigenvalue weighted by Crippen LogP contribution is 2.25. The van der Waals surface area contributed by atoms with E-state index in [0.717, 1.165) is 0 Å². The Labute approximate surface area is 169 Å². The average molecular weight is 412 g/mol.